The van der Waals surface area contributed by atoms with Crippen molar-refractivity contribution in [3.05, 3.63) is 28.2 Å². The van der Waals surface area contributed by atoms with Gasteiger partial charge >= 0.3 is 0 Å². The number of aliphatic hydroxyl groups excluding tert-OH is 2. The molecule has 0 aliphatic heterocycles. The van der Waals surface area contributed by atoms with Crippen LogP contribution in [0.2, 0.25) is 0 Å². The Morgan fingerprint density at radius 2 is 1.82 bits per heavy atom. The quantitative estimate of drug-likeness (QED) is 0.726. The van der Waals surface area contributed by atoms with Crippen LogP contribution in [0.1, 0.15) is 31.2 Å². The first-order chi connectivity index (χ1) is 8.27. The van der Waals surface area contributed by atoms with Crippen LogP contribution in [0.5, 0.6) is 5.75 Å². The van der Waals surface area contributed by atoms with Crippen molar-refractivity contribution < 1.29 is 14.9 Å². The van der Waals surface area contributed by atoms with Crippen molar-refractivity contribution in [2.45, 2.75) is 32.3 Å². The van der Waals surface area contributed by atoms with Gasteiger partial charge in [0.15, 0.2) is 0 Å². The van der Waals surface area contributed by atoms with Crippen LogP contribution in [0.15, 0.2) is 22.7 Å². The predicted octanol–water partition coefficient (Wildman–Crippen LogP) is 2.87. The average Bonchev–Trinajstić information content (AvgIpc) is 2.35. The average molecular weight is 303 g/mol. The van der Waals surface area contributed by atoms with E-state index in [9.17, 15) is 0 Å². The first-order valence-electron chi connectivity index (χ1n) is 5.91. The monoisotopic (exact) mass is 302 g/mol. The molecule has 1 rings (SSSR count). The SMILES string of the molecule is OCCCCCCOc1ccc(Br)c(CO)c1. The third-order valence-corrected chi connectivity index (χ3v) is 3.28. The van der Waals surface area contributed by atoms with Crippen LogP contribution in [-0.4, -0.2) is 23.4 Å². The molecule has 0 aliphatic carbocycles. The van der Waals surface area contributed by atoms with Gasteiger partial charge in [-0.2, -0.15) is 0 Å². The highest BCUT2D eigenvalue weighted by atomic mass is 79.9. The lowest BCUT2D eigenvalue weighted by Gasteiger charge is -2.08. The number of aliphatic hydroxyl groups is 2. The minimum atomic E-state index is 0.00822. The van der Waals surface area contributed by atoms with Crippen LogP contribution in [0, 0.1) is 0 Å². The molecule has 17 heavy (non-hydrogen) atoms. The largest absolute Gasteiger partial charge is 0.494 e. The summed E-state index contributed by atoms with van der Waals surface area (Å²) in [5.41, 5.74) is 0.836. The Hall–Kier alpha value is -0.580. The molecule has 3 nitrogen and oxygen atoms in total. The number of halogens is 1. The summed E-state index contributed by atoms with van der Waals surface area (Å²) < 4.78 is 6.49. The first kappa shape index (κ1) is 14.5. The normalized spacial score (nSPS) is 10.5. The Morgan fingerprint density at radius 1 is 1.06 bits per heavy atom. The van der Waals surface area contributed by atoms with E-state index in [0.717, 1.165) is 41.5 Å². The summed E-state index contributed by atoms with van der Waals surface area (Å²) in [7, 11) is 0. The highest BCUT2D eigenvalue weighted by Crippen LogP contribution is 2.22. The van der Waals surface area contributed by atoms with Crippen molar-refractivity contribution >= 4 is 15.9 Å². The Labute approximate surface area is 111 Å². The number of unbranched alkanes of at least 4 members (excludes halogenated alkanes) is 3. The van der Waals surface area contributed by atoms with Crippen molar-refractivity contribution in [3.63, 3.8) is 0 Å². The van der Waals surface area contributed by atoms with Gasteiger partial charge in [0.1, 0.15) is 5.75 Å². The number of hydrogen-bond acceptors (Lipinski definition) is 3. The lowest BCUT2D eigenvalue weighted by molar-refractivity contribution is 0.271. The maximum atomic E-state index is 9.10. The van der Waals surface area contributed by atoms with E-state index < -0.39 is 0 Å². The van der Waals surface area contributed by atoms with E-state index >= 15 is 0 Å². The van der Waals surface area contributed by atoms with Gasteiger partial charge in [0.05, 0.1) is 13.2 Å². The molecule has 0 saturated heterocycles. The molecule has 0 bridgehead atoms. The Balaban J connectivity index is 2.27. The van der Waals surface area contributed by atoms with E-state index in [0.29, 0.717) is 6.61 Å². The van der Waals surface area contributed by atoms with Crippen molar-refractivity contribution in [1.29, 1.82) is 0 Å². The highest BCUT2D eigenvalue weighted by molar-refractivity contribution is 9.10. The molecule has 96 valence electrons. The van der Waals surface area contributed by atoms with E-state index in [-0.39, 0.29) is 13.2 Å². The number of ether oxygens (including phenoxy) is 1. The molecule has 0 atom stereocenters. The van der Waals surface area contributed by atoms with E-state index in [2.05, 4.69) is 15.9 Å². The maximum Gasteiger partial charge on any atom is 0.119 e. The minimum Gasteiger partial charge on any atom is -0.494 e. The van der Waals surface area contributed by atoms with E-state index in [1.165, 1.54) is 0 Å². The molecular weight excluding hydrogens is 284 g/mol. The molecule has 1 aromatic carbocycles. The zero-order chi connectivity index (χ0) is 12.5. The van der Waals surface area contributed by atoms with Gasteiger partial charge in [0.25, 0.3) is 0 Å². The molecule has 0 heterocycles. The molecule has 0 amide bonds. The summed E-state index contributed by atoms with van der Waals surface area (Å²) in [4.78, 5) is 0. The van der Waals surface area contributed by atoms with Crippen LogP contribution in [-0.2, 0) is 6.61 Å². The third-order valence-electron chi connectivity index (χ3n) is 2.51. The summed E-state index contributed by atoms with van der Waals surface area (Å²) in [5.74, 6) is 0.791. The Kier molecular flexibility index (Phi) is 7.24. The molecule has 2 N–H and O–H groups in total. The van der Waals surface area contributed by atoms with Crippen LogP contribution >= 0.6 is 15.9 Å². The second-order valence-corrected chi connectivity index (χ2v) is 4.75. The van der Waals surface area contributed by atoms with Crippen molar-refractivity contribution in [2.24, 2.45) is 0 Å². The standard InChI is InChI=1S/C13H19BrO3/c14-13-6-5-12(9-11(13)10-16)17-8-4-2-1-3-7-15/h5-6,9,15-16H,1-4,7-8,10H2. The fraction of sp³-hybridized carbons (Fsp3) is 0.538. The van der Waals surface area contributed by atoms with Crippen LogP contribution in [0.4, 0.5) is 0 Å². The molecule has 1 aromatic rings. The smallest absolute Gasteiger partial charge is 0.119 e. The van der Waals surface area contributed by atoms with Crippen molar-refractivity contribution in [3.8, 4) is 5.75 Å². The summed E-state index contributed by atoms with van der Waals surface area (Å²) in [5, 5.41) is 17.7. The van der Waals surface area contributed by atoms with E-state index in [4.69, 9.17) is 14.9 Å². The molecule has 0 fully saturated rings. The minimum absolute atomic E-state index is 0.00822. The Bertz CT molecular complexity index is 328. The van der Waals surface area contributed by atoms with Gasteiger partial charge in [-0.15, -0.1) is 0 Å². The molecular formula is C13H19BrO3. The second kappa shape index (κ2) is 8.50. The number of hydrogen-bond donors (Lipinski definition) is 2. The van der Waals surface area contributed by atoms with E-state index in [1.807, 2.05) is 18.2 Å². The topological polar surface area (TPSA) is 49.7 Å². The lowest BCUT2D eigenvalue weighted by atomic mass is 10.2. The van der Waals surface area contributed by atoms with Crippen molar-refractivity contribution in [1.82, 2.24) is 0 Å². The number of benzene rings is 1. The summed E-state index contributed by atoms with van der Waals surface area (Å²) >= 11 is 3.36. The first-order valence-corrected chi connectivity index (χ1v) is 6.70. The van der Waals surface area contributed by atoms with Gasteiger partial charge in [-0.05, 0) is 43.0 Å². The van der Waals surface area contributed by atoms with Gasteiger partial charge in [0, 0.05) is 11.1 Å². The highest BCUT2D eigenvalue weighted by Gasteiger charge is 2.01. The van der Waals surface area contributed by atoms with Crippen molar-refractivity contribution in [2.75, 3.05) is 13.2 Å². The molecule has 0 aromatic heterocycles. The number of rotatable bonds is 8. The van der Waals surface area contributed by atoms with Gasteiger partial charge in [-0.25, -0.2) is 0 Å². The zero-order valence-corrected chi connectivity index (χ0v) is 11.4. The van der Waals surface area contributed by atoms with Gasteiger partial charge in [0.2, 0.25) is 0 Å². The van der Waals surface area contributed by atoms with Crippen LogP contribution < -0.4 is 4.74 Å². The van der Waals surface area contributed by atoms with Gasteiger partial charge < -0.3 is 14.9 Å². The molecule has 0 spiro atoms. The summed E-state index contributed by atoms with van der Waals surface area (Å²) in [6.07, 6.45) is 3.98. The van der Waals surface area contributed by atoms with Crippen LogP contribution in [0.3, 0.4) is 0 Å². The molecule has 0 aliphatic rings. The zero-order valence-electron chi connectivity index (χ0n) is 9.86. The molecule has 0 radical (unpaired) electrons. The van der Waals surface area contributed by atoms with E-state index in [1.54, 1.807) is 0 Å². The third kappa shape index (κ3) is 5.52. The summed E-state index contributed by atoms with van der Waals surface area (Å²) in [6, 6.07) is 5.61. The predicted molar refractivity (Wildman–Crippen MR) is 71.1 cm³/mol. The Morgan fingerprint density at radius 3 is 2.53 bits per heavy atom. The molecule has 0 unspecified atom stereocenters. The fourth-order valence-electron chi connectivity index (χ4n) is 1.52. The van der Waals surface area contributed by atoms with Gasteiger partial charge in [-0.1, -0.05) is 22.4 Å². The van der Waals surface area contributed by atoms with Gasteiger partial charge in [-0.3, -0.25) is 0 Å². The molecule has 4 heteroatoms. The lowest BCUT2D eigenvalue weighted by Crippen LogP contribution is -1.98. The molecule has 0 saturated carbocycles. The fourth-order valence-corrected chi connectivity index (χ4v) is 1.89. The van der Waals surface area contributed by atoms with Crippen LogP contribution in [0.25, 0.3) is 0 Å². The second-order valence-electron chi connectivity index (χ2n) is 3.90. The maximum absolute atomic E-state index is 9.10. The summed E-state index contributed by atoms with van der Waals surface area (Å²) in [6.45, 7) is 0.958.